The van der Waals surface area contributed by atoms with E-state index in [1.165, 1.54) is 12.1 Å². The van der Waals surface area contributed by atoms with Gasteiger partial charge < -0.3 is 10.3 Å². The molecule has 0 saturated heterocycles. The first-order valence-corrected chi connectivity index (χ1v) is 4.24. The molecular formula is C9H6F3N3O. The molecule has 4 nitrogen and oxygen atoms in total. The van der Waals surface area contributed by atoms with Gasteiger partial charge in [-0.25, -0.2) is 0 Å². The molecule has 0 bridgehead atoms. The van der Waals surface area contributed by atoms with E-state index < -0.39 is 12.0 Å². The summed E-state index contributed by atoms with van der Waals surface area (Å²) in [6.45, 7) is 0. The molecule has 84 valence electrons. The minimum absolute atomic E-state index is 0.245. The SMILES string of the molecule is Nc1ccccc1-c1nc(C(F)(F)F)no1. The number of benzene rings is 1. The van der Waals surface area contributed by atoms with E-state index in [4.69, 9.17) is 5.73 Å². The fourth-order valence-electron chi connectivity index (χ4n) is 1.14. The van der Waals surface area contributed by atoms with Crippen molar-refractivity contribution in [3.05, 3.63) is 30.1 Å². The molecule has 0 fully saturated rings. The van der Waals surface area contributed by atoms with Crippen LogP contribution in [-0.2, 0) is 6.18 Å². The molecule has 0 aliphatic carbocycles. The summed E-state index contributed by atoms with van der Waals surface area (Å²) in [5.41, 5.74) is 6.12. The molecule has 16 heavy (non-hydrogen) atoms. The molecule has 1 heterocycles. The molecule has 0 amide bonds. The molecule has 0 aliphatic heterocycles. The third kappa shape index (κ3) is 1.83. The van der Waals surface area contributed by atoms with Gasteiger partial charge in [-0.3, -0.25) is 0 Å². The highest BCUT2D eigenvalue weighted by atomic mass is 19.4. The summed E-state index contributed by atoms with van der Waals surface area (Å²) >= 11 is 0. The van der Waals surface area contributed by atoms with Crippen LogP contribution in [0.3, 0.4) is 0 Å². The number of nitrogen functional groups attached to an aromatic ring is 1. The van der Waals surface area contributed by atoms with Crippen LogP contribution in [0, 0.1) is 0 Å². The Morgan fingerprint density at radius 3 is 2.44 bits per heavy atom. The lowest BCUT2D eigenvalue weighted by molar-refractivity contribution is -0.146. The van der Waals surface area contributed by atoms with Crippen LogP contribution in [0.25, 0.3) is 11.5 Å². The van der Waals surface area contributed by atoms with Gasteiger partial charge in [0, 0.05) is 5.69 Å². The van der Waals surface area contributed by atoms with Crippen molar-refractivity contribution < 1.29 is 17.7 Å². The topological polar surface area (TPSA) is 64.9 Å². The summed E-state index contributed by atoms with van der Waals surface area (Å²) in [6, 6.07) is 6.30. The summed E-state index contributed by atoms with van der Waals surface area (Å²) < 4.78 is 41.1. The number of para-hydroxylation sites is 1. The highest BCUT2D eigenvalue weighted by Gasteiger charge is 2.37. The van der Waals surface area contributed by atoms with Gasteiger partial charge in [0.05, 0.1) is 5.56 Å². The number of aromatic nitrogens is 2. The minimum Gasteiger partial charge on any atom is -0.398 e. The average molecular weight is 229 g/mol. The van der Waals surface area contributed by atoms with E-state index >= 15 is 0 Å². The molecular weight excluding hydrogens is 223 g/mol. The molecule has 1 aromatic carbocycles. The molecule has 0 radical (unpaired) electrons. The highest BCUT2D eigenvalue weighted by Crippen LogP contribution is 2.30. The lowest BCUT2D eigenvalue weighted by Gasteiger charge is -1.98. The first-order valence-electron chi connectivity index (χ1n) is 4.24. The number of nitrogens with two attached hydrogens (primary N) is 1. The predicted molar refractivity (Wildman–Crippen MR) is 49.1 cm³/mol. The Hall–Kier alpha value is -2.05. The van der Waals surface area contributed by atoms with Gasteiger partial charge in [0.25, 0.3) is 11.7 Å². The molecule has 7 heteroatoms. The van der Waals surface area contributed by atoms with Gasteiger partial charge in [-0.15, -0.1) is 0 Å². The Bertz CT molecular complexity index is 507. The Morgan fingerprint density at radius 1 is 1.19 bits per heavy atom. The molecule has 2 aromatic rings. The molecule has 0 unspecified atom stereocenters. The quantitative estimate of drug-likeness (QED) is 0.762. The van der Waals surface area contributed by atoms with Crippen LogP contribution in [0.1, 0.15) is 5.82 Å². The Morgan fingerprint density at radius 2 is 1.88 bits per heavy atom. The predicted octanol–water partition coefficient (Wildman–Crippen LogP) is 2.34. The van der Waals surface area contributed by atoms with Crippen LogP contribution in [0.4, 0.5) is 18.9 Å². The zero-order chi connectivity index (χ0) is 11.8. The van der Waals surface area contributed by atoms with Gasteiger partial charge in [0.2, 0.25) is 0 Å². The van der Waals surface area contributed by atoms with E-state index in [2.05, 4.69) is 14.7 Å². The maximum atomic E-state index is 12.2. The number of anilines is 1. The normalized spacial score (nSPS) is 11.7. The summed E-state index contributed by atoms with van der Waals surface area (Å²) in [6.07, 6.45) is -4.62. The van der Waals surface area contributed by atoms with E-state index in [0.29, 0.717) is 0 Å². The fraction of sp³-hybridized carbons (Fsp3) is 0.111. The van der Waals surface area contributed by atoms with Gasteiger partial charge in [-0.1, -0.05) is 17.3 Å². The standard InChI is InChI=1S/C9H6F3N3O/c10-9(11,12)8-14-7(16-15-8)5-3-1-2-4-6(5)13/h1-4H,13H2. The molecule has 2 N–H and O–H groups in total. The summed E-state index contributed by atoms with van der Waals surface area (Å²) in [7, 11) is 0. The van der Waals surface area contributed by atoms with E-state index in [1.54, 1.807) is 12.1 Å². The van der Waals surface area contributed by atoms with Crippen LogP contribution >= 0.6 is 0 Å². The van der Waals surface area contributed by atoms with Gasteiger partial charge in [-0.2, -0.15) is 18.2 Å². The Labute approximate surface area is 87.9 Å². The van der Waals surface area contributed by atoms with E-state index in [9.17, 15) is 13.2 Å². The third-order valence-electron chi connectivity index (χ3n) is 1.87. The smallest absolute Gasteiger partial charge is 0.398 e. The Kier molecular flexibility index (Phi) is 2.30. The summed E-state index contributed by atoms with van der Waals surface area (Å²) in [5.74, 6) is -1.56. The number of hydrogen-bond acceptors (Lipinski definition) is 4. The first kappa shape index (κ1) is 10.5. The number of rotatable bonds is 1. The first-order chi connectivity index (χ1) is 7.48. The average Bonchev–Trinajstić information content (AvgIpc) is 2.66. The molecule has 0 aliphatic rings. The van der Waals surface area contributed by atoms with E-state index in [-0.39, 0.29) is 17.1 Å². The maximum absolute atomic E-state index is 12.2. The molecule has 0 saturated carbocycles. The molecule has 0 atom stereocenters. The van der Waals surface area contributed by atoms with E-state index in [1.807, 2.05) is 0 Å². The third-order valence-corrected chi connectivity index (χ3v) is 1.87. The number of alkyl halides is 3. The second-order valence-corrected chi connectivity index (χ2v) is 3.01. The van der Waals surface area contributed by atoms with Gasteiger partial charge in [0.1, 0.15) is 0 Å². The monoisotopic (exact) mass is 229 g/mol. The largest absolute Gasteiger partial charge is 0.455 e. The van der Waals surface area contributed by atoms with Crippen molar-refractivity contribution in [2.45, 2.75) is 6.18 Å². The van der Waals surface area contributed by atoms with Crippen LogP contribution in [0.15, 0.2) is 28.8 Å². The van der Waals surface area contributed by atoms with Gasteiger partial charge in [0.15, 0.2) is 0 Å². The minimum atomic E-state index is -4.62. The van der Waals surface area contributed by atoms with Crippen molar-refractivity contribution in [1.29, 1.82) is 0 Å². The van der Waals surface area contributed by atoms with Crippen molar-refractivity contribution in [2.75, 3.05) is 5.73 Å². The molecule has 2 rings (SSSR count). The van der Waals surface area contributed by atoms with Crippen LogP contribution in [0.2, 0.25) is 0 Å². The van der Waals surface area contributed by atoms with Crippen LogP contribution in [0.5, 0.6) is 0 Å². The summed E-state index contributed by atoms with van der Waals surface area (Å²) in [4.78, 5) is 3.23. The van der Waals surface area contributed by atoms with Crippen molar-refractivity contribution in [3.63, 3.8) is 0 Å². The summed E-state index contributed by atoms with van der Waals surface area (Å²) in [5, 5.41) is 2.84. The van der Waals surface area contributed by atoms with Crippen LogP contribution < -0.4 is 5.73 Å². The Balaban J connectivity index is 2.44. The van der Waals surface area contributed by atoms with Crippen molar-refractivity contribution in [2.24, 2.45) is 0 Å². The van der Waals surface area contributed by atoms with Gasteiger partial charge >= 0.3 is 6.18 Å². The molecule has 0 spiro atoms. The van der Waals surface area contributed by atoms with Gasteiger partial charge in [-0.05, 0) is 12.1 Å². The second-order valence-electron chi connectivity index (χ2n) is 3.01. The lowest BCUT2D eigenvalue weighted by Crippen LogP contribution is -2.07. The number of hydrogen-bond donors (Lipinski definition) is 1. The fourth-order valence-corrected chi connectivity index (χ4v) is 1.14. The zero-order valence-electron chi connectivity index (χ0n) is 7.82. The van der Waals surface area contributed by atoms with Crippen molar-refractivity contribution in [3.8, 4) is 11.5 Å². The molecule has 1 aromatic heterocycles. The maximum Gasteiger partial charge on any atom is 0.455 e. The van der Waals surface area contributed by atoms with Crippen LogP contribution in [-0.4, -0.2) is 10.1 Å². The number of nitrogens with zero attached hydrogens (tertiary/aromatic N) is 2. The van der Waals surface area contributed by atoms with Crippen molar-refractivity contribution >= 4 is 5.69 Å². The highest BCUT2D eigenvalue weighted by molar-refractivity contribution is 5.69. The number of halogens is 3. The second kappa shape index (κ2) is 3.51. The van der Waals surface area contributed by atoms with E-state index in [0.717, 1.165) is 0 Å². The van der Waals surface area contributed by atoms with Crippen molar-refractivity contribution in [1.82, 2.24) is 10.1 Å². The lowest BCUT2D eigenvalue weighted by atomic mass is 10.2. The zero-order valence-corrected chi connectivity index (χ0v) is 7.82.